The van der Waals surface area contributed by atoms with Crippen LogP contribution in [0.2, 0.25) is 0 Å². The van der Waals surface area contributed by atoms with Crippen LogP contribution in [0.1, 0.15) is 5.56 Å². The van der Waals surface area contributed by atoms with Gasteiger partial charge >= 0.3 is 0 Å². The van der Waals surface area contributed by atoms with Crippen LogP contribution in [0.15, 0.2) is 103 Å². The van der Waals surface area contributed by atoms with Gasteiger partial charge in [0, 0.05) is 0 Å². The maximum atomic E-state index is 6.69. The molecule has 0 aliphatic carbocycles. The third-order valence-corrected chi connectivity index (χ3v) is 8.15. The van der Waals surface area contributed by atoms with E-state index in [1.807, 2.05) is 6.92 Å². The van der Waals surface area contributed by atoms with Crippen LogP contribution in [0.5, 0.6) is 0 Å². The zero-order valence-corrected chi connectivity index (χ0v) is 21.6. The van der Waals surface area contributed by atoms with E-state index in [4.69, 9.17) is 31.4 Å². The predicted octanol–water partition coefficient (Wildman–Crippen LogP) is 5.12. The SMILES string of the molecule is [B]c1c([B])c(-c2c3ccccc3c(-c3cc4ccccc4c4ccccc34)c3ccccc23)c([B])c([B])c1C. The molecule has 172 valence electrons. The van der Waals surface area contributed by atoms with E-state index in [2.05, 4.69) is 103 Å². The molecule has 0 saturated heterocycles. The Morgan fingerprint density at radius 1 is 0.385 bits per heavy atom. The minimum atomic E-state index is 0.457. The molecule has 0 aliphatic heterocycles. The molecule has 4 heteroatoms. The summed E-state index contributed by atoms with van der Waals surface area (Å²) in [6.45, 7) is 1.85. The Hall–Kier alpha value is -4.16. The quantitative estimate of drug-likeness (QED) is 0.182. The first-order valence-electron chi connectivity index (χ1n) is 13.0. The van der Waals surface area contributed by atoms with Crippen LogP contribution < -0.4 is 21.9 Å². The van der Waals surface area contributed by atoms with Gasteiger partial charge in [-0.15, -0.1) is 10.9 Å². The second kappa shape index (κ2) is 8.95. The van der Waals surface area contributed by atoms with Crippen molar-refractivity contribution in [2.75, 3.05) is 0 Å². The normalized spacial score (nSPS) is 11.6. The molecule has 0 spiro atoms. The van der Waals surface area contributed by atoms with Crippen molar-refractivity contribution >= 4 is 96.3 Å². The first-order chi connectivity index (χ1) is 19.0. The van der Waals surface area contributed by atoms with Crippen molar-refractivity contribution < 1.29 is 0 Å². The van der Waals surface area contributed by atoms with E-state index in [0.29, 0.717) is 33.0 Å². The number of hydrogen-bond acceptors (Lipinski definition) is 0. The Morgan fingerprint density at radius 2 is 0.795 bits per heavy atom. The van der Waals surface area contributed by atoms with Gasteiger partial charge in [-0.05, 0) is 78.3 Å². The summed E-state index contributed by atoms with van der Waals surface area (Å²) in [5.74, 6) is 0. The Balaban J connectivity index is 1.72. The molecule has 8 radical (unpaired) electrons. The maximum Gasteiger partial charge on any atom is 0.113 e. The zero-order chi connectivity index (χ0) is 26.8. The largest absolute Gasteiger partial charge is 0.113 e. The molecular weight excluding hydrogens is 464 g/mol. The van der Waals surface area contributed by atoms with Crippen LogP contribution in [-0.2, 0) is 0 Å². The van der Waals surface area contributed by atoms with E-state index in [0.717, 1.165) is 27.1 Å². The molecule has 0 saturated carbocycles. The highest BCUT2D eigenvalue weighted by atomic mass is 14.2. The minimum Gasteiger partial charge on any atom is -0.101 e. The molecule has 0 amide bonds. The highest BCUT2D eigenvalue weighted by Crippen LogP contribution is 2.45. The van der Waals surface area contributed by atoms with E-state index in [1.54, 1.807) is 0 Å². The van der Waals surface area contributed by atoms with Gasteiger partial charge in [-0.1, -0.05) is 114 Å². The molecule has 39 heavy (non-hydrogen) atoms. The maximum absolute atomic E-state index is 6.69. The van der Waals surface area contributed by atoms with Gasteiger partial charge in [-0.2, -0.15) is 0 Å². The summed E-state index contributed by atoms with van der Waals surface area (Å²) < 4.78 is 0. The predicted molar refractivity (Wildman–Crippen MR) is 174 cm³/mol. The van der Waals surface area contributed by atoms with Crippen LogP contribution in [0.4, 0.5) is 0 Å². The molecule has 0 N–H and O–H groups in total. The molecule has 0 fully saturated rings. The average Bonchev–Trinajstić information content (AvgIpc) is 2.98. The third-order valence-electron chi connectivity index (χ3n) is 8.15. The van der Waals surface area contributed by atoms with Gasteiger partial charge in [0.2, 0.25) is 0 Å². The van der Waals surface area contributed by atoms with Gasteiger partial charge in [0.05, 0.1) is 0 Å². The third kappa shape index (κ3) is 3.44. The summed E-state index contributed by atoms with van der Waals surface area (Å²) in [5, 5.41) is 9.21. The lowest BCUT2D eigenvalue weighted by molar-refractivity contribution is 1.59. The molecule has 0 bridgehead atoms. The Kier molecular flexibility index (Phi) is 5.49. The number of rotatable bonds is 2. The van der Waals surface area contributed by atoms with Crippen LogP contribution in [0.25, 0.3) is 65.3 Å². The summed E-state index contributed by atoms with van der Waals surface area (Å²) in [4.78, 5) is 0. The molecule has 0 aliphatic rings. The van der Waals surface area contributed by atoms with Crippen LogP contribution in [0, 0.1) is 6.92 Å². The average molecular weight is 484 g/mol. The first-order valence-corrected chi connectivity index (χ1v) is 13.0. The number of benzene rings is 7. The lowest BCUT2D eigenvalue weighted by Crippen LogP contribution is -2.45. The smallest absolute Gasteiger partial charge is 0.101 e. The van der Waals surface area contributed by atoms with Crippen molar-refractivity contribution in [3.63, 3.8) is 0 Å². The number of fused-ring (bicyclic) bond motifs is 5. The van der Waals surface area contributed by atoms with Crippen LogP contribution >= 0.6 is 0 Å². The molecule has 0 aromatic heterocycles. The van der Waals surface area contributed by atoms with Gasteiger partial charge in [0.25, 0.3) is 0 Å². The van der Waals surface area contributed by atoms with Crippen molar-refractivity contribution in [1.82, 2.24) is 0 Å². The van der Waals surface area contributed by atoms with Crippen molar-refractivity contribution in [3.05, 3.63) is 109 Å². The van der Waals surface area contributed by atoms with Crippen molar-refractivity contribution in [2.45, 2.75) is 6.92 Å². The molecule has 0 nitrogen and oxygen atoms in total. The summed E-state index contributed by atoms with van der Waals surface area (Å²) in [5.41, 5.74) is 6.56. The van der Waals surface area contributed by atoms with E-state index >= 15 is 0 Å². The standard InChI is InChI=1S/C35H20B4/c1-19-32(36)34(38)31(35(39)33(19)37)30-26-16-8-6-14-24(26)29(25-15-7-9-17-27(25)30)28-18-20-10-2-3-11-21(20)22-12-4-5-13-23(22)28/h2-18H,1H3. The first kappa shape index (κ1) is 23.9. The summed E-state index contributed by atoms with van der Waals surface area (Å²) >= 11 is 0. The monoisotopic (exact) mass is 484 g/mol. The van der Waals surface area contributed by atoms with Crippen molar-refractivity contribution in [2.24, 2.45) is 0 Å². The Morgan fingerprint density at radius 3 is 1.33 bits per heavy atom. The van der Waals surface area contributed by atoms with E-state index in [1.165, 1.54) is 32.7 Å². The van der Waals surface area contributed by atoms with E-state index in [9.17, 15) is 0 Å². The van der Waals surface area contributed by atoms with Gasteiger partial charge in [0.1, 0.15) is 31.4 Å². The second-order valence-corrected chi connectivity index (χ2v) is 10.2. The van der Waals surface area contributed by atoms with Crippen molar-refractivity contribution in [1.29, 1.82) is 0 Å². The van der Waals surface area contributed by atoms with E-state index in [-0.39, 0.29) is 0 Å². The van der Waals surface area contributed by atoms with Crippen LogP contribution in [-0.4, -0.2) is 31.4 Å². The molecule has 7 rings (SSSR count). The topological polar surface area (TPSA) is 0 Å². The highest BCUT2D eigenvalue weighted by Gasteiger charge is 2.21. The highest BCUT2D eigenvalue weighted by molar-refractivity contribution is 6.61. The van der Waals surface area contributed by atoms with Gasteiger partial charge in [0.15, 0.2) is 0 Å². The molecule has 0 heterocycles. The minimum absolute atomic E-state index is 0.457. The Labute approximate surface area is 233 Å². The lowest BCUT2D eigenvalue weighted by atomic mass is 9.63. The summed E-state index contributed by atoms with van der Waals surface area (Å²) in [6.07, 6.45) is 0. The zero-order valence-electron chi connectivity index (χ0n) is 21.6. The molecular formula is C35H20B4. The van der Waals surface area contributed by atoms with E-state index < -0.39 is 0 Å². The molecule has 7 aromatic carbocycles. The molecule has 0 unspecified atom stereocenters. The fourth-order valence-electron chi connectivity index (χ4n) is 6.18. The van der Waals surface area contributed by atoms with Crippen molar-refractivity contribution in [3.8, 4) is 22.3 Å². The Bertz CT molecular complexity index is 2040. The summed E-state index contributed by atoms with van der Waals surface area (Å²) in [6, 6.07) is 36.4. The fraction of sp³-hybridized carbons (Fsp3) is 0.0286. The second-order valence-electron chi connectivity index (χ2n) is 10.2. The molecule has 7 aromatic rings. The fourth-order valence-corrected chi connectivity index (χ4v) is 6.18. The van der Waals surface area contributed by atoms with Gasteiger partial charge < -0.3 is 0 Å². The van der Waals surface area contributed by atoms with Gasteiger partial charge in [-0.3, -0.25) is 0 Å². The lowest BCUT2D eigenvalue weighted by Gasteiger charge is -2.25. The number of hydrogen-bond donors (Lipinski definition) is 0. The summed E-state index contributed by atoms with van der Waals surface area (Å²) in [7, 11) is 26.3. The van der Waals surface area contributed by atoms with Crippen LogP contribution in [0.3, 0.4) is 0 Å². The molecule has 0 atom stereocenters. The van der Waals surface area contributed by atoms with Gasteiger partial charge in [-0.25, -0.2) is 0 Å².